The number of nitrogens with zero attached hydrogens (tertiary/aromatic N) is 1. The van der Waals surface area contributed by atoms with Gasteiger partial charge in [-0.05, 0) is 31.9 Å². The van der Waals surface area contributed by atoms with Crippen LogP contribution in [0.25, 0.3) is 0 Å². The number of hydrogen-bond acceptors (Lipinski definition) is 5. The fourth-order valence-electron chi connectivity index (χ4n) is 3.23. The van der Waals surface area contributed by atoms with Crippen LogP contribution in [0.1, 0.15) is 50.8 Å². The van der Waals surface area contributed by atoms with Crippen molar-refractivity contribution in [3.63, 3.8) is 0 Å². The summed E-state index contributed by atoms with van der Waals surface area (Å²) in [5, 5.41) is 0. The van der Waals surface area contributed by atoms with E-state index in [0.29, 0.717) is 6.61 Å². The Morgan fingerprint density at radius 1 is 1.40 bits per heavy atom. The van der Waals surface area contributed by atoms with Crippen molar-refractivity contribution in [3.05, 3.63) is 24.0 Å². The molecule has 20 heavy (non-hydrogen) atoms. The van der Waals surface area contributed by atoms with Crippen molar-refractivity contribution in [2.45, 2.75) is 50.7 Å². The summed E-state index contributed by atoms with van der Waals surface area (Å²) >= 11 is 0. The minimum atomic E-state index is -0.288. The third-order valence-corrected chi connectivity index (χ3v) is 4.12. The Labute approximate surface area is 120 Å². The largest absolute Gasteiger partial charge is 0.495 e. The summed E-state index contributed by atoms with van der Waals surface area (Å²) in [6, 6.07) is 3.62. The summed E-state index contributed by atoms with van der Waals surface area (Å²) in [6.45, 7) is 2.70. The molecule has 5 heteroatoms. The minimum absolute atomic E-state index is 0.154. The second kappa shape index (κ2) is 7.02. The van der Waals surface area contributed by atoms with Crippen LogP contribution in [0.2, 0.25) is 0 Å². The van der Waals surface area contributed by atoms with Crippen LogP contribution in [0.4, 0.5) is 0 Å². The van der Waals surface area contributed by atoms with Gasteiger partial charge in [0.15, 0.2) is 0 Å². The van der Waals surface area contributed by atoms with E-state index < -0.39 is 0 Å². The Morgan fingerprint density at radius 2 is 2.15 bits per heavy atom. The maximum Gasteiger partial charge on any atom is 0.142 e. The first kappa shape index (κ1) is 15.2. The van der Waals surface area contributed by atoms with Crippen LogP contribution in [0.5, 0.6) is 5.75 Å². The number of hydrogen-bond donors (Lipinski definition) is 2. The summed E-state index contributed by atoms with van der Waals surface area (Å²) in [4.78, 5) is 4.48. The van der Waals surface area contributed by atoms with Crippen LogP contribution in [0, 0.1) is 0 Å². The fraction of sp³-hybridized carbons (Fsp3) is 0.667. The van der Waals surface area contributed by atoms with Crippen LogP contribution in [0.15, 0.2) is 18.3 Å². The zero-order valence-electron chi connectivity index (χ0n) is 12.4. The second-order valence-electron chi connectivity index (χ2n) is 5.25. The molecule has 1 aromatic rings. The molecule has 1 saturated carbocycles. The van der Waals surface area contributed by atoms with Crippen LogP contribution in [-0.4, -0.2) is 24.3 Å². The van der Waals surface area contributed by atoms with E-state index >= 15 is 0 Å². The summed E-state index contributed by atoms with van der Waals surface area (Å²) in [5.74, 6) is 6.60. The quantitative estimate of drug-likeness (QED) is 0.618. The van der Waals surface area contributed by atoms with Gasteiger partial charge in [0, 0.05) is 12.8 Å². The summed E-state index contributed by atoms with van der Waals surface area (Å²) in [5.41, 5.74) is 3.46. The maximum atomic E-state index is 6.14. The molecule has 112 valence electrons. The SMILES string of the molecule is CCOC1(C(NN)c2ncccc2OC)CCCCC1. The normalized spacial score (nSPS) is 19.6. The van der Waals surface area contributed by atoms with Crippen molar-refractivity contribution in [3.8, 4) is 5.75 Å². The van der Waals surface area contributed by atoms with E-state index in [1.807, 2.05) is 19.1 Å². The topological polar surface area (TPSA) is 69.4 Å². The first-order chi connectivity index (χ1) is 9.77. The molecule has 2 rings (SSSR count). The Morgan fingerprint density at radius 3 is 2.75 bits per heavy atom. The minimum Gasteiger partial charge on any atom is -0.495 e. The van der Waals surface area contributed by atoms with Gasteiger partial charge in [-0.3, -0.25) is 10.8 Å². The molecular formula is C15H25N3O2. The number of ether oxygens (including phenoxy) is 2. The fourth-order valence-corrected chi connectivity index (χ4v) is 3.23. The van der Waals surface area contributed by atoms with Crippen molar-refractivity contribution >= 4 is 0 Å². The molecule has 1 aromatic heterocycles. The first-order valence-electron chi connectivity index (χ1n) is 7.36. The van der Waals surface area contributed by atoms with Crippen molar-refractivity contribution in [1.82, 2.24) is 10.4 Å². The third kappa shape index (κ3) is 2.95. The highest BCUT2D eigenvalue weighted by molar-refractivity contribution is 5.31. The highest BCUT2D eigenvalue weighted by Crippen LogP contribution is 2.42. The Balaban J connectivity index is 2.37. The van der Waals surface area contributed by atoms with E-state index in [4.69, 9.17) is 15.3 Å². The molecule has 0 spiro atoms. The maximum absolute atomic E-state index is 6.14. The molecule has 0 radical (unpaired) electrons. The highest BCUT2D eigenvalue weighted by Gasteiger charge is 2.43. The van der Waals surface area contributed by atoms with Gasteiger partial charge >= 0.3 is 0 Å². The lowest BCUT2D eigenvalue weighted by atomic mass is 9.78. The molecule has 0 aliphatic heterocycles. The molecule has 5 nitrogen and oxygen atoms in total. The summed E-state index contributed by atoms with van der Waals surface area (Å²) in [7, 11) is 1.66. The molecule has 0 aromatic carbocycles. The molecule has 0 amide bonds. The van der Waals surface area contributed by atoms with E-state index in [1.165, 1.54) is 6.42 Å². The van der Waals surface area contributed by atoms with Crippen LogP contribution >= 0.6 is 0 Å². The number of hydrazine groups is 1. The zero-order valence-corrected chi connectivity index (χ0v) is 12.4. The van der Waals surface area contributed by atoms with Gasteiger partial charge in [0.1, 0.15) is 11.4 Å². The lowest BCUT2D eigenvalue weighted by Crippen LogP contribution is -2.50. The highest BCUT2D eigenvalue weighted by atomic mass is 16.5. The van der Waals surface area contributed by atoms with E-state index in [-0.39, 0.29) is 11.6 Å². The predicted octanol–water partition coefficient (Wildman–Crippen LogP) is 2.33. The van der Waals surface area contributed by atoms with Crippen LogP contribution < -0.4 is 16.0 Å². The Kier molecular flexibility index (Phi) is 5.34. The lowest BCUT2D eigenvalue weighted by Gasteiger charge is -2.42. The standard InChI is InChI=1S/C15H25N3O2/c1-3-20-15(9-5-4-6-10-15)14(18-16)13-12(19-2)8-7-11-17-13/h7-8,11,14,18H,3-6,9-10,16H2,1-2H3. The van der Waals surface area contributed by atoms with E-state index in [0.717, 1.165) is 37.1 Å². The number of pyridine rings is 1. The summed E-state index contributed by atoms with van der Waals surface area (Å²) in [6.07, 6.45) is 7.33. The van der Waals surface area contributed by atoms with Gasteiger partial charge in [0.05, 0.1) is 18.8 Å². The average molecular weight is 279 g/mol. The van der Waals surface area contributed by atoms with Crippen LogP contribution in [0.3, 0.4) is 0 Å². The van der Waals surface area contributed by atoms with Crippen molar-refractivity contribution in [2.24, 2.45) is 5.84 Å². The third-order valence-electron chi connectivity index (χ3n) is 4.12. The van der Waals surface area contributed by atoms with Gasteiger partial charge in [0.2, 0.25) is 0 Å². The van der Waals surface area contributed by atoms with Gasteiger partial charge in [-0.1, -0.05) is 19.3 Å². The molecule has 3 N–H and O–H groups in total. The molecule has 1 fully saturated rings. The monoisotopic (exact) mass is 279 g/mol. The van der Waals surface area contributed by atoms with E-state index in [1.54, 1.807) is 13.3 Å². The zero-order chi connectivity index (χ0) is 14.4. The van der Waals surface area contributed by atoms with Crippen molar-refractivity contribution in [2.75, 3.05) is 13.7 Å². The van der Waals surface area contributed by atoms with E-state index in [2.05, 4.69) is 10.4 Å². The number of nitrogens with one attached hydrogen (secondary N) is 1. The molecule has 1 unspecified atom stereocenters. The van der Waals surface area contributed by atoms with E-state index in [9.17, 15) is 0 Å². The Bertz CT molecular complexity index is 414. The predicted molar refractivity (Wildman–Crippen MR) is 78.3 cm³/mol. The van der Waals surface area contributed by atoms with Gasteiger partial charge in [-0.15, -0.1) is 0 Å². The van der Waals surface area contributed by atoms with Gasteiger partial charge < -0.3 is 9.47 Å². The van der Waals surface area contributed by atoms with Crippen molar-refractivity contribution < 1.29 is 9.47 Å². The summed E-state index contributed by atoms with van der Waals surface area (Å²) < 4.78 is 11.6. The smallest absolute Gasteiger partial charge is 0.142 e. The molecule has 1 heterocycles. The molecule has 1 atom stereocenters. The lowest BCUT2D eigenvalue weighted by molar-refractivity contribution is -0.0925. The number of rotatable bonds is 6. The first-order valence-corrected chi connectivity index (χ1v) is 7.36. The molecule has 0 bridgehead atoms. The van der Waals surface area contributed by atoms with Gasteiger partial charge in [0.25, 0.3) is 0 Å². The van der Waals surface area contributed by atoms with Crippen LogP contribution in [-0.2, 0) is 4.74 Å². The second-order valence-corrected chi connectivity index (χ2v) is 5.25. The Hall–Kier alpha value is -1.17. The molecular weight excluding hydrogens is 254 g/mol. The van der Waals surface area contributed by atoms with Gasteiger partial charge in [-0.25, -0.2) is 5.43 Å². The number of methoxy groups -OCH3 is 1. The average Bonchev–Trinajstić information content (AvgIpc) is 2.49. The molecule has 1 aliphatic carbocycles. The molecule has 1 aliphatic rings. The van der Waals surface area contributed by atoms with Gasteiger partial charge in [-0.2, -0.15) is 0 Å². The molecule has 0 saturated heterocycles. The number of aromatic nitrogens is 1. The van der Waals surface area contributed by atoms with Crippen molar-refractivity contribution in [1.29, 1.82) is 0 Å². The number of nitrogens with two attached hydrogens (primary N) is 1.